The zero-order chi connectivity index (χ0) is 18.0. The third-order valence-corrected chi connectivity index (χ3v) is 3.94. The van der Waals surface area contributed by atoms with Crippen molar-refractivity contribution in [1.29, 1.82) is 0 Å². The predicted octanol–water partition coefficient (Wildman–Crippen LogP) is 4.10. The fraction of sp³-hybridized carbons (Fsp3) is 0.278. The lowest BCUT2D eigenvalue weighted by molar-refractivity contribution is -0.137. The Morgan fingerprint density at radius 3 is 2.40 bits per heavy atom. The van der Waals surface area contributed by atoms with Crippen molar-refractivity contribution in [3.05, 3.63) is 59.2 Å². The zero-order valence-corrected chi connectivity index (χ0v) is 13.5. The number of nitrogens with zero attached hydrogens (tertiary/aromatic N) is 1. The maximum Gasteiger partial charge on any atom is 0.416 e. The monoisotopic (exact) mass is 351 g/mol. The molecule has 2 aromatic rings. The van der Waals surface area contributed by atoms with Crippen LogP contribution in [-0.2, 0) is 12.7 Å². The van der Waals surface area contributed by atoms with Crippen molar-refractivity contribution in [3.63, 3.8) is 0 Å². The van der Waals surface area contributed by atoms with Crippen molar-refractivity contribution >= 4 is 5.91 Å². The van der Waals surface area contributed by atoms with Gasteiger partial charge in [-0.2, -0.15) is 13.2 Å². The van der Waals surface area contributed by atoms with Gasteiger partial charge < -0.3 is 14.4 Å². The first-order chi connectivity index (χ1) is 11.9. The maximum atomic E-state index is 12.6. The van der Waals surface area contributed by atoms with E-state index in [9.17, 15) is 18.0 Å². The summed E-state index contributed by atoms with van der Waals surface area (Å²) in [6, 6.07) is 9.64. The standard InChI is InChI=1S/C18H16F3NO3/c1-2-22(10-12-3-8-15-16(9-12)25-11-24-15)17(23)13-4-6-14(7-5-13)18(19,20)21/h3-9H,2,10-11H2,1H3. The summed E-state index contributed by atoms with van der Waals surface area (Å²) in [5, 5.41) is 0. The highest BCUT2D eigenvalue weighted by Gasteiger charge is 2.30. The fourth-order valence-electron chi connectivity index (χ4n) is 2.57. The van der Waals surface area contributed by atoms with Gasteiger partial charge in [0.1, 0.15) is 0 Å². The highest BCUT2D eigenvalue weighted by molar-refractivity contribution is 5.94. The normalized spacial score (nSPS) is 13.0. The third-order valence-electron chi connectivity index (χ3n) is 3.94. The lowest BCUT2D eigenvalue weighted by Gasteiger charge is -2.21. The van der Waals surface area contributed by atoms with Crippen LogP contribution in [0.25, 0.3) is 0 Å². The van der Waals surface area contributed by atoms with E-state index < -0.39 is 11.7 Å². The molecule has 0 aliphatic carbocycles. The molecule has 0 atom stereocenters. The van der Waals surface area contributed by atoms with Crippen LogP contribution in [0.5, 0.6) is 11.5 Å². The van der Waals surface area contributed by atoms with Gasteiger partial charge in [0.05, 0.1) is 5.56 Å². The molecule has 132 valence electrons. The van der Waals surface area contributed by atoms with Gasteiger partial charge in [0.2, 0.25) is 6.79 Å². The molecule has 3 rings (SSSR count). The smallest absolute Gasteiger partial charge is 0.416 e. The summed E-state index contributed by atoms with van der Waals surface area (Å²) in [5.74, 6) is 0.949. The first-order valence-corrected chi connectivity index (χ1v) is 7.73. The molecule has 1 amide bonds. The first-order valence-electron chi connectivity index (χ1n) is 7.73. The zero-order valence-electron chi connectivity index (χ0n) is 13.5. The van der Waals surface area contributed by atoms with Crippen LogP contribution in [0.15, 0.2) is 42.5 Å². The number of ether oxygens (including phenoxy) is 2. The summed E-state index contributed by atoms with van der Waals surface area (Å²) in [5.41, 5.74) is 0.296. The fourth-order valence-corrected chi connectivity index (χ4v) is 2.57. The average Bonchev–Trinajstić information content (AvgIpc) is 3.06. The third kappa shape index (κ3) is 3.70. The Labute approximate surface area is 142 Å². The molecule has 4 nitrogen and oxygen atoms in total. The van der Waals surface area contributed by atoms with Gasteiger partial charge in [-0.05, 0) is 48.9 Å². The molecule has 0 bridgehead atoms. The SMILES string of the molecule is CCN(Cc1ccc2c(c1)OCO2)C(=O)c1ccc(C(F)(F)F)cc1. The number of rotatable bonds is 4. The van der Waals surface area contributed by atoms with Crippen LogP contribution in [0.1, 0.15) is 28.4 Å². The van der Waals surface area contributed by atoms with Crippen molar-refractivity contribution in [2.24, 2.45) is 0 Å². The number of hydrogen-bond acceptors (Lipinski definition) is 3. The van der Waals surface area contributed by atoms with Gasteiger partial charge in [0.15, 0.2) is 11.5 Å². The Kier molecular flexibility index (Phi) is 4.57. The van der Waals surface area contributed by atoms with E-state index in [4.69, 9.17) is 9.47 Å². The summed E-state index contributed by atoms with van der Waals surface area (Å²) >= 11 is 0. The molecule has 25 heavy (non-hydrogen) atoms. The molecule has 7 heteroatoms. The Morgan fingerprint density at radius 1 is 1.08 bits per heavy atom. The molecule has 0 N–H and O–H groups in total. The summed E-state index contributed by atoms with van der Waals surface area (Å²) in [6.45, 7) is 2.73. The van der Waals surface area contributed by atoms with Gasteiger partial charge in [-0.15, -0.1) is 0 Å². The van der Waals surface area contributed by atoms with Crippen LogP contribution >= 0.6 is 0 Å². The topological polar surface area (TPSA) is 38.8 Å². The van der Waals surface area contributed by atoms with Crippen LogP contribution in [0.2, 0.25) is 0 Å². The molecule has 1 heterocycles. The molecule has 0 spiro atoms. The number of carbonyl (C=O) groups is 1. The maximum absolute atomic E-state index is 12.6. The predicted molar refractivity (Wildman–Crippen MR) is 84.4 cm³/mol. The van der Waals surface area contributed by atoms with E-state index in [1.807, 2.05) is 13.0 Å². The number of benzene rings is 2. The van der Waals surface area contributed by atoms with Crippen LogP contribution in [-0.4, -0.2) is 24.1 Å². The van der Waals surface area contributed by atoms with Gasteiger partial charge in [0.25, 0.3) is 5.91 Å². The Morgan fingerprint density at radius 2 is 1.76 bits per heavy atom. The van der Waals surface area contributed by atoms with Gasteiger partial charge in [0, 0.05) is 18.7 Å². The molecule has 0 radical (unpaired) electrons. The van der Waals surface area contributed by atoms with Crippen LogP contribution in [0, 0.1) is 0 Å². The van der Waals surface area contributed by atoms with Gasteiger partial charge in [-0.3, -0.25) is 4.79 Å². The quantitative estimate of drug-likeness (QED) is 0.833. The second-order valence-corrected chi connectivity index (χ2v) is 5.58. The van der Waals surface area contributed by atoms with Crippen molar-refractivity contribution in [3.8, 4) is 11.5 Å². The number of fused-ring (bicyclic) bond motifs is 1. The Bertz CT molecular complexity index is 772. The molecule has 1 aliphatic rings. The Hall–Kier alpha value is -2.70. The summed E-state index contributed by atoms with van der Waals surface area (Å²) < 4.78 is 48.4. The molecule has 0 fully saturated rings. The lowest BCUT2D eigenvalue weighted by Crippen LogP contribution is -2.30. The van der Waals surface area contributed by atoms with Crippen molar-refractivity contribution in [2.75, 3.05) is 13.3 Å². The molecule has 0 saturated heterocycles. The summed E-state index contributed by atoms with van der Waals surface area (Å²) in [7, 11) is 0. The molecule has 2 aromatic carbocycles. The summed E-state index contributed by atoms with van der Waals surface area (Å²) in [4.78, 5) is 14.1. The first kappa shape index (κ1) is 17.1. The number of hydrogen-bond donors (Lipinski definition) is 0. The van der Waals surface area contributed by atoms with E-state index in [0.717, 1.165) is 17.7 Å². The molecular weight excluding hydrogens is 335 g/mol. The minimum absolute atomic E-state index is 0.167. The average molecular weight is 351 g/mol. The highest BCUT2D eigenvalue weighted by Crippen LogP contribution is 2.33. The second kappa shape index (κ2) is 6.66. The molecular formula is C18H16F3NO3. The lowest BCUT2D eigenvalue weighted by atomic mass is 10.1. The minimum Gasteiger partial charge on any atom is -0.454 e. The van der Waals surface area contributed by atoms with E-state index in [-0.39, 0.29) is 18.3 Å². The second-order valence-electron chi connectivity index (χ2n) is 5.58. The van der Waals surface area contributed by atoms with Crippen LogP contribution < -0.4 is 9.47 Å². The Balaban J connectivity index is 1.75. The number of amides is 1. The van der Waals surface area contributed by atoms with Crippen molar-refractivity contribution < 1.29 is 27.4 Å². The number of alkyl halides is 3. The molecule has 0 aromatic heterocycles. The molecule has 0 saturated carbocycles. The van der Waals surface area contributed by atoms with Gasteiger partial charge in [-0.25, -0.2) is 0 Å². The minimum atomic E-state index is -4.42. The van der Waals surface area contributed by atoms with Gasteiger partial charge >= 0.3 is 6.18 Å². The summed E-state index contributed by atoms with van der Waals surface area (Å²) in [6.07, 6.45) is -4.42. The number of halogens is 3. The van der Waals surface area contributed by atoms with E-state index in [1.54, 1.807) is 17.0 Å². The highest BCUT2D eigenvalue weighted by atomic mass is 19.4. The van der Waals surface area contributed by atoms with Gasteiger partial charge in [-0.1, -0.05) is 6.07 Å². The molecule has 1 aliphatic heterocycles. The van der Waals surface area contributed by atoms with Crippen LogP contribution in [0.4, 0.5) is 13.2 Å². The number of carbonyl (C=O) groups excluding carboxylic acids is 1. The van der Waals surface area contributed by atoms with E-state index in [0.29, 0.717) is 24.6 Å². The van der Waals surface area contributed by atoms with E-state index in [1.165, 1.54) is 12.1 Å². The van der Waals surface area contributed by atoms with Crippen LogP contribution in [0.3, 0.4) is 0 Å². The van der Waals surface area contributed by atoms with E-state index >= 15 is 0 Å². The van der Waals surface area contributed by atoms with E-state index in [2.05, 4.69) is 0 Å². The molecule has 0 unspecified atom stereocenters. The van der Waals surface area contributed by atoms with Crippen molar-refractivity contribution in [1.82, 2.24) is 4.90 Å². The largest absolute Gasteiger partial charge is 0.454 e. The van der Waals surface area contributed by atoms with Crippen molar-refractivity contribution in [2.45, 2.75) is 19.6 Å².